The molecule has 1 N–H and O–H groups in total. The molecule has 28 heavy (non-hydrogen) atoms. The van der Waals surface area contributed by atoms with Gasteiger partial charge in [-0.15, -0.1) is 0 Å². The highest BCUT2D eigenvalue weighted by Crippen LogP contribution is 2.21. The van der Waals surface area contributed by atoms with Gasteiger partial charge in [0.1, 0.15) is 12.4 Å². The zero-order valence-corrected chi connectivity index (χ0v) is 17.5. The minimum atomic E-state index is -3.93. The lowest BCUT2D eigenvalue weighted by Gasteiger charge is -2.27. The number of carbonyl (C=O) groups is 1. The van der Waals surface area contributed by atoms with Gasteiger partial charge in [0.25, 0.3) is 0 Å². The number of hydrogen-bond donors (Lipinski definition) is 1. The second-order valence-electron chi connectivity index (χ2n) is 6.92. The van der Waals surface area contributed by atoms with Crippen LogP contribution in [0, 0.1) is 19.7 Å². The third-order valence-corrected chi connectivity index (χ3v) is 6.24. The Morgan fingerprint density at radius 3 is 2.29 bits per heavy atom. The van der Waals surface area contributed by atoms with E-state index >= 15 is 0 Å². The van der Waals surface area contributed by atoms with Gasteiger partial charge in [-0.25, -0.2) is 8.70 Å². The highest BCUT2D eigenvalue weighted by atomic mass is 32.2. The fourth-order valence-electron chi connectivity index (χ4n) is 2.83. The van der Waals surface area contributed by atoms with Gasteiger partial charge in [-0.2, -0.15) is 12.7 Å². The van der Waals surface area contributed by atoms with Gasteiger partial charge in [0.15, 0.2) is 0 Å². The van der Waals surface area contributed by atoms with Gasteiger partial charge in [0.2, 0.25) is 5.91 Å². The normalized spacial score (nSPS) is 12.7. The van der Waals surface area contributed by atoms with Crippen LogP contribution >= 0.6 is 0 Å². The highest BCUT2D eigenvalue weighted by Gasteiger charge is 2.28. The molecule has 0 bridgehead atoms. The second-order valence-corrected chi connectivity index (χ2v) is 8.99. The van der Waals surface area contributed by atoms with Gasteiger partial charge in [0.05, 0.1) is 11.7 Å². The van der Waals surface area contributed by atoms with Crippen LogP contribution in [0.2, 0.25) is 0 Å². The van der Waals surface area contributed by atoms with Gasteiger partial charge in [-0.1, -0.05) is 23.8 Å². The molecule has 0 fully saturated rings. The first kappa shape index (κ1) is 21.8. The molecule has 0 spiro atoms. The summed E-state index contributed by atoms with van der Waals surface area (Å²) in [7, 11) is -1.18. The van der Waals surface area contributed by atoms with E-state index < -0.39 is 28.5 Å². The van der Waals surface area contributed by atoms with Crippen molar-refractivity contribution in [2.45, 2.75) is 26.8 Å². The zero-order chi connectivity index (χ0) is 21.1. The lowest BCUT2D eigenvalue weighted by molar-refractivity contribution is -0.120. The van der Waals surface area contributed by atoms with Crippen LogP contribution in [0.25, 0.3) is 0 Å². The average Bonchev–Trinajstić information content (AvgIpc) is 2.62. The van der Waals surface area contributed by atoms with Gasteiger partial charge < -0.3 is 5.32 Å². The van der Waals surface area contributed by atoms with Crippen molar-refractivity contribution < 1.29 is 17.6 Å². The van der Waals surface area contributed by atoms with Crippen molar-refractivity contribution in [2.24, 2.45) is 0 Å². The molecule has 0 radical (unpaired) electrons. The maximum atomic E-state index is 13.2. The lowest BCUT2D eigenvalue weighted by Crippen LogP contribution is -2.46. The van der Waals surface area contributed by atoms with Crippen LogP contribution in [-0.2, 0) is 15.0 Å². The number of hydrogen-bond acceptors (Lipinski definition) is 3. The molecule has 152 valence electrons. The summed E-state index contributed by atoms with van der Waals surface area (Å²) < 4.78 is 40.6. The third kappa shape index (κ3) is 5.08. The monoisotopic (exact) mass is 407 g/mol. The highest BCUT2D eigenvalue weighted by molar-refractivity contribution is 7.90. The molecule has 0 unspecified atom stereocenters. The Morgan fingerprint density at radius 1 is 1.11 bits per heavy atom. The Morgan fingerprint density at radius 2 is 1.71 bits per heavy atom. The fourth-order valence-corrected chi connectivity index (χ4v) is 3.90. The first-order valence-corrected chi connectivity index (χ1v) is 10.2. The summed E-state index contributed by atoms with van der Waals surface area (Å²) >= 11 is 0. The summed E-state index contributed by atoms with van der Waals surface area (Å²) in [4.78, 5) is 12.6. The van der Waals surface area contributed by atoms with E-state index in [-0.39, 0.29) is 11.7 Å². The molecule has 0 saturated carbocycles. The smallest absolute Gasteiger partial charge is 0.304 e. The Hall–Kier alpha value is -2.45. The van der Waals surface area contributed by atoms with E-state index in [9.17, 15) is 17.6 Å². The van der Waals surface area contributed by atoms with E-state index in [1.165, 1.54) is 26.2 Å². The minimum absolute atomic E-state index is 0.213. The van der Waals surface area contributed by atoms with E-state index in [4.69, 9.17) is 0 Å². The molecule has 0 aliphatic rings. The first-order chi connectivity index (χ1) is 13.0. The van der Waals surface area contributed by atoms with Gasteiger partial charge in [-0.05, 0) is 56.2 Å². The number of halogens is 1. The predicted octanol–water partition coefficient (Wildman–Crippen LogP) is 2.93. The maximum absolute atomic E-state index is 13.2. The molecule has 1 amide bonds. The number of amides is 1. The average molecular weight is 408 g/mol. The molecule has 6 nitrogen and oxygen atoms in total. The van der Waals surface area contributed by atoms with Crippen molar-refractivity contribution in [3.05, 3.63) is 65.0 Å². The number of rotatable bonds is 7. The molecule has 0 aliphatic carbocycles. The lowest BCUT2D eigenvalue weighted by atomic mass is 10.00. The number of nitrogens with zero attached hydrogens (tertiary/aromatic N) is 2. The number of benzene rings is 2. The molecular weight excluding hydrogens is 381 g/mol. The molecule has 0 aromatic heterocycles. The van der Waals surface area contributed by atoms with Crippen LogP contribution < -0.4 is 9.62 Å². The molecule has 8 heteroatoms. The van der Waals surface area contributed by atoms with Crippen molar-refractivity contribution >= 4 is 21.8 Å². The topological polar surface area (TPSA) is 69.7 Å². The number of carbonyl (C=O) groups excluding carboxylic acids is 1. The fraction of sp³-hybridized carbons (Fsp3) is 0.350. The van der Waals surface area contributed by atoms with Gasteiger partial charge >= 0.3 is 10.2 Å². The molecule has 1 atom stereocenters. The van der Waals surface area contributed by atoms with Crippen molar-refractivity contribution in [1.29, 1.82) is 0 Å². The van der Waals surface area contributed by atoms with Gasteiger partial charge in [0, 0.05) is 14.1 Å². The number of nitrogens with one attached hydrogen (secondary N) is 1. The first-order valence-electron chi connectivity index (χ1n) is 8.84. The molecule has 2 aromatic carbocycles. The summed E-state index contributed by atoms with van der Waals surface area (Å²) in [6.07, 6.45) is 0. The van der Waals surface area contributed by atoms with E-state index in [1.54, 1.807) is 0 Å². The summed E-state index contributed by atoms with van der Waals surface area (Å²) in [5.74, 6) is -0.942. The van der Waals surface area contributed by atoms with Crippen molar-refractivity contribution in [1.82, 2.24) is 9.62 Å². The SMILES string of the molecule is Cc1ccc(C)c([C@H](C)NC(=O)CN(c2ccc(F)cc2)S(=O)(=O)N(C)C)c1. The van der Waals surface area contributed by atoms with Crippen LogP contribution in [0.3, 0.4) is 0 Å². The third-order valence-electron chi connectivity index (χ3n) is 4.42. The molecule has 0 aliphatic heterocycles. The van der Waals surface area contributed by atoms with E-state index in [1.807, 2.05) is 39.0 Å². The molecule has 2 rings (SSSR count). The predicted molar refractivity (Wildman–Crippen MR) is 109 cm³/mol. The molecule has 2 aromatic rings. The van der Waals surface area contributed by atoms with E-state index in [0.29, 0.717) is 0 Å². The summed E-state index contributed by atoms with van der Waals surface area (Å²) in [5.41, 5.74) is 3.29. The quantitative estimate of drug-likeness (QED) is 0.767. The zero-order valence-electron chi connectivity index (χ0n) is 16.7. The largest absolute Gasteiger partial charge is 0.348 e. The Bertz CT molecular complexity index is 944. The minimum Gasteiger partial charge on any atom is -0.348 e. The molecule has 0 saturated heterocycles. The van der Waals surface area contributed by atoms with Crippen LogP contribution in [0.4, 0.5) is 10.1 Å². The summed E-state index contributed by atoms with van der Waals surface area (Å²) in [5, 5.41) is 2.85. The van der Waals surface area contributed by atoms with Gasteiger partial charge in [-0.3, -0.25) is 4.79 Å². The molecule has 0 heterocycles. The van der Waals surface area contributed by atoms with Crippen LogP contribution in [0.5, 0.6) is 0 Å². The standard InChI is InChI=1S/C20H26FN3O3S/c1-14-6-7-15(2)19(12-14)16(3)22-20(25)13-24(28(26,27)23(4)5)18-10-8-17(21)9-11-18/h6-12,16H,13H2,1-5H3,(H,22,25)/t16-/m0/s1. The Balaban J connectivity index is 2.25. The number of anilines is 1. The van der Waals surface area contributed by atoms with Crippen LogP contribution in [0.15, 0.2) is 42.5 Å². The van der Waals surface area contributed by atoms with Crippen molar-refractivity contribution in [3.8, 4) is 0 Å². The maximum Gasteiger partial charge on any atom is 0.304 e. The van der Waals surface area contributed by atoms with E-state index in [0.717, 1.165) is 37.4 Å². The summed E-state index contributed by atoms with van der Waals surface area (Å²) in [6, 6.07) is 10.7. The summed E-state index contributed by atoms with van der Waals surface area (Å²) in [6.45, 7) is 5.36. The van der Waals surface area contributed by atoms with E-state index in [2.05, 4.69) is 5.32 Å². The van der Waals surface area contributed by atoms with Crippen molar-refractivity contribution in [2.75, 3.05) is 24.9 Å². The van der Waals surface area contributed by atoms with Crippen molar-refractivity contribution in [3.63, 3.8) is 0 Å². The Kier molecular flexibility index (Phi) is 6.79. The Labute approximate surface area is 166 Å². The number of aryl methyl sites for hydroxylation is 2. The second kappa shape index (κ2) is 8.70. The van der Waals surface area contributed by atoms with Crippen LogP contribution in [0.1, 0.15) is 29.7 Å². The van der Waals surface area contributed by atoms with Crippen LogP contribution in [-0.4, -0.2) is 39.3 Å². The molecular formula is C20H26FN3O3S.